The highest BCUT2D eigenvalue weighted by Crippen LogP contribution is 2.65. The summed E-state index contributed by atoms with van der Waals surface area (Å²) >= 11 is 0. The van der Waals surface area contributed by atoms with E-state index in [0.717, 1.165) is 11.1 Å². The molecule has 16 heteroatoms. The summed E-state index contributed by atoms with van der Waals surface area (Å²) in [7, 11) is 3.40. The Labute approximate surface area is 284 Å². The van der Waals surface area contributed by atoms with Gasteiger partial charge in [-0.2, -0.15) is 0 Å². The van der Waals surface area contributed by atoms with E-state index in [-0.39, 0.29) is 23.8 Å². The molecule has 2 aromatic rings. The fourth-order valence-corrected chi connectivity index (χ4v) is 7.63. The fraction of sp³-hybridized carbons (Fsp3) is 0.441. The number of benzene rings is 2. The van der Waals surface area contributed by atoms with Crippen LogP contribution in [0.15, 0.2) is 54.3 Å². The minimum absolute atomic E-state index is 0.0506. The van der Waals surface area contributed by atoms with Crippen LogP contribution in [0.3, 0.4) is 0 Å². The third-order valence-corrected chi connectivity index (χ3v) is 10.0. The van der Waals surface area contributed by atoms with Crippen LogP contribution >= 0.6 is 0 Å². The van der Waals surface area contributed by atoms with Crippen LogP contribution < -0.4 is 9.47 Å². The molecule has 0 aromatic heterocycles. The normalized spacial score (nSPS) is 26.9. The molecule has 4 aliphatic rings. The first kappa shape index (κ1) is 34.8. The van der Waals surface area contributed by atoms with E-state index >= 15 is 0 Å². The third-order valence-electron chi connectivity index (χ3n) is 10.0. The van der Waals surface area contributed by atoms with Crippen molar-refractivity contribution in [2.24, 2.45) is 0 Å². The molecule has 16 nitrogen and oxygen atoms in total. The van der Waals surface area contributed by atoms with E-state index in [4.69, 9.17) is 28.8 Å². The largest absolute Gasteiger partial charge is 0.493 e. The zero-order valence-corrected chi connectivity index (χ0v) is 26.9. The number of likely N-dealkylation sites (tertiary alicyclic amines) is 1. The van der Waals surface area contributed by atoms with Crippen molar-refractivity contribution in [3.8, 4) is 11.5 Å². The van der Waals surface area contributed by atoms with E-state index in [0.29, 0.717) is 30.9 Å². The molecular formula is C34H35NO15. The molecule has 2 aliphatic carbocycles. The number of carbonyl (C=O) groups is 5. The Morgan fingerprint density at radius 1 is 0.980 bits per heavy atom. The number of ether oxygens (including phenoxy) is 5. The number of hydrogen-bond acceptors (Lipinski definition) is 14. The molecule has 2 aliphatic heterocycles. The highest BCUT2D eigenvalue weighted by molar-refractivity contribution is 5.89. The van der Waals surface area contributed by atoms with E-state index in [1.165, 1.54) is 37.5 Å². The molecular weight excluding hydrogens is 662 g/mol. The summed E-state index contributed by atoms with van der Waals surface area (Å²) in [5.41, 5.74) is -0.721. The third kappa shape index (κ3) is 5.53. The van der Waals surface area contributed by atoms with Crippen LogP contribution in [0.5, 0.6) is 11.5 Å². The van der Waals surface area contributed by atoms with Crippen LogP contribution in [-0.2, 0) is 50.0 Å². The molecule has 0 saturated carbocycles. The van der Waals surface area contributed by atoms with E-state index < -0.39 is 77.8 Å². The highest BCUT2D eigenvalue weighted by atomic mass is 16.6. The van der Waals surface area contributed by atoms with Crippen LogP contribution in [0, 0.1) is 0 Å². The lowest BCUT2D eigenvalue weighted by Gasteiger charge is -2.61. The van der Waals surface area contributed by atoms with Crippen molar-refractivity contribution in [3.63, 3.8) is 0 Å². The van der Waals surface area contributed by atoms with Crippen LogP contribution in [0.25, 0.3) is 0 Å². The Morgan fingerprint density at radius 3 is 2.34 bits per heavy atom. The number of likely N-dealkylation sites (N-methyl/N-ethyl adjacent to an activating group) is 1. The van der Waals surface area contributed by atoms with Crippen molar-refractivity contribution in [1.29, 1.82) is 0 Å². The molecule has 1 saturated heterocycles. The number of aliphatic hydroxyl groups is 3. The maximum atomic E-state index is 13.3. The molecule has 266 valence electrons. The van der Waals surface area contributed by atoms with Gasteiger partial charge in [0, 0.05) is 23.6 Å². The monoisotopic (exact) mass is 697 g/mol. The molecule has 0 amide bonds. The lowest BCUT2D eigenvalue weighted by Crippen LogP contribution is -2.74. The highest BCUT2D eigenvalue weighted by Gasteiger charge is 2.72. The topological polar surface area (TPSA) is 236 Å². The van der Waals surface area contributed by atoms with Gasteiger partial charge in [-0.05, 0) is 44.1 Å². The molecule has 50 heavy (non-hydrogen) atoms. The SMILES string of the molecule is COc1ccc2c3c1O[C@H]1C(OC(=O)[C@H](O)[C@@H](O)C(=O)O[C@H](C(=O)O[C@H](CC(=O)O)C(=O)O)c4ccccc4)=CC[C@@]4(O)[C@@H](C2)N(C)CC[C@]314. The minimum atomic E-state index is -2.61. The van der Waals surface area contributed by atoms with Crippen molar-refractivity contribution < 1.29 is 73.2 Å². The number of carboxylic acids is 2. The Balaban J connectivity index is 1.21. The van der Waals surface area contributed by atoms with Gasteiger partial charge >= 0.3 is 29.8 Å². The van der Waals surface area contributed by atoms with Crippen LogP contribution in [0.4, 0.5) is 0 Å². The standard InChI is InChI=1S/C34H35NO15/c1-35-13-12-33-23-17-8-9-18(46-2)27(23)49-28(33)19(10-11-34(33,45)21(35)14-17)47-30(42)24(38)25(39)31(43)50-26(16-6-4-3-5-7-16)32(44)48-20(29(40)41)15-22(36)37/h3-10,20-21,24-26,28,38-39,45H,11-15H2,1-2H3,(H,36,37)(H,40,41)/t20-,21-,24-,25-,26+,28+,33+,34-/m1/s1. The predicted octanol–water partition coefficient (Wildman–Crippen LogP) is -0.00650. The van der Waals surface area contributed by atoms with Gasteiger partial charge in [-0.3, -0.25) is 4.79 Å². The summed E-state index contributed by atoms with van der Waals surface area (Å²) < 4.78 is 27.4. The number of aliphatic carboxylic acids is 2. The van der Waals surface area contributed by atoms with Crippen molar-refractivity contribution in [2.45, 2.75) is 73.3 Å². The zero-order valence-electron chi connectivity index (χ0n) is 26.9. The second kappa shape index (κ2) is 13.0. The van der Waals surface area contributed by atoms with E-state index in [1.807, 2.05) is 13.1 Å². The van der Waals surface area contributed by atoms with Gasteiger partial charge in [0.1, 0.15) is 5.76 Å². The number of aliphatic hydroxyl groups excluding tert-OH is 2. The van der Waals surface area contributed by atoms with Gasteiger partial charge in [-0.25, -0.2) is 19.2 Å². The molecule has 5 N–H and O–H groups in total. The average molecular weight is 698 g/mol. The van der Waals surface area contributed by atoms with Crippen LogP contribution in [-0.4, -0.2) is 117 Å². The van der Waals surface area contributed by atoms with E-state index in [1.54, 1.807) is 12.1 Å². The quantitative estimate of drug-likeness (QED) is 0.145. The van der Waals surface area contributed by atoms with Crippen LogP contribution in [0.2, 0.25) is 0 Å². The van der Waals surface area contributed by atoms with Gasteiger partial charge in [0.2, 0.25) is 12.2 Å². The maximum Gasteiger partial charge on any atom is 0.353 e. The number of hydrogen-bond donors (Lipinski definition) is 5. The first-order valence-corrected chi connectivity index (χ1v) is 15.7. The number of nitrogens with zero attached hydrogens (tertiary/aromatic N) is 1. The van der Waals surface area contributed by atoms with Gasteiger partial charge in [0.25, 0.3) is 0 Å². The first-order valence-electron chi connectivity index (χ1n) is 15.7. The average Bonchev–Trinajstić information content (AvgIpc) is 3.45. The van der Waals surface area contributed by atoms with Crippen LogP contribution in [0.1, 0.15) is 42.1 Å². The molecule has 1 fully saturated rings. The Hall–Kier alpha value is -5.03. The van der Waals surface area contributed by atoms with Crippen molar-refractivity contribution in [2.75, 3.05) is 20.7 Å². The Kier molecular flexibility index (Phi) is 9.07. The number of methoxy groups -OCH3 is 1. The van der Waals surface area contributed by atoms with Gasteiger partial charge in [-0.1, -0.05) is 36.4 Å². The smallest absolute Gasteiger partial charge is 0.353 e. The van der Waals surface area contributed by atoms with Crippen molar-refractivity contribution >= 4 is 29.8 Å². The second-order valence-electron chi connectivity index (χ2n) is 12.7. The first-order chi connectivity index (χ1) is 23.7. The summed E-state index contributed by atoms with van der Waals surface area (Å²) in [4.78, 5) is 63.9. The number of piperidine rings is 1. The summed E-state index contributed by atoms with van der Waals surface area (Å²) in [5, 5.41) is 52.0. The number of carbonyl (C=O) groups excluding carboxylic acids is 3. The van der Waals surface area contributed by atoms with Gasteiger partial charge in [0.15, 0.2) is 29.8 Å². The Morgan fingerprint density at radius 2 is 1.68 bits per heavy atom. The molecule has 2 bridgehead atoms. The molecule has 2 heterocycles. The van der Waals surface area contributed by atoms with Gasteiger partial charge in [-0.15, -0.1) is 0 Å². The summed E-state index contributed by atoms with van der Waals surface area (Å²) in [6.45, 7) is 0.589. The van der Waals surface area contributed by atoms with E-state index in [9.17, 15) is 44.4 Å². The molecule has 6 rings (SSSR count). The summed E-state index contributed by atoms with van der Waals surface area (Å²) in [6.07, 6.45) is -8.94. The fourth-order valence-electron chi connectivity index (χ4n) is 7.63. The molecule has 1 spiro atoms. The van der Waals surface area contributed by atoms with Gasteiger partial charge in [0.05, 0.1) is 24.5 Å². The molecule has 0 radical (unpaired) electrons. The molecule has 2 aromatic carbocycles. The maximum absolute atomic E-state index is 13.3. The summed E-state index contributed by atoms with van der Waals surface area (Å²) in [5.74, 6) is -7.24. The number of rotatable bonds is 12. The van der Waals surface area contributed by atoms with E-state index in [2.05, 4.69) is 4.90 Å². The second-order valence-corrected chi connectivity index (χ2v) is 12.7. The van der Waals surface area contributed by atoms with Gasteiger partial charge < -0.3 is 54.1 Å². The summed E-state index contributed by atoms with van der Waals surface area (Å²) in [6, 6.07) is 10.4. The molecule has 8 atom stereocenters. The molecule has 0 unspecified atom stereocenters. The Bertz CT molecular complexity index is 1760. The predicted molar refractivity (Wildman–Crippen MR) is 165 cm³/mol. The van der Waals surface area contributed by atoms with Crippen molar-refractivity contribution in [3.05, 3.63) is 71.0 Å². The lowest BCUT2D eigenvalue weighted by atomic mass is 9.50. The zero-order chi connectivity index (χ0) is 36.1. The number of esters is 3. The van der Waals surface area contributed by atoms with Crippen molar-refractivity contribution in [1.82, 2.24) is 4.90 Å². The number of carboxylic acid groups (broad SMARTS) is 2. The minimum Gasteiger partial charge on any atom is -0.493 e. The lowest BCUT2D eigenvalue weighted by molar-refractivity contribution is -0.187.